The second-order valence-electron chi connectivity index (χ2n) is 4.16. The smallest absolute Gasteiger partial charge is 0.207 e. The van der Waals surface area contributed by atoms with Gasteiger partial charge in [0.2, 0.25) is 10.0 Å². The first-order valence-electron chi connectivity index (χ1n) is 5.92. The molecular formula is C12H16BrF2NO2S. The first-order valence-corrected chi connectivity index (χ1v) is 8.15. The molecule has 0 saturated carbocycles. The molecule has 0 aliphatic carbocycles. The van der Waals surface area contributed by atoms with Crippen LogP contribution >= 0.6 is 15.9 Å². The van der Waals surface area contributed by atoms with E-state index in [4.69, 9.17) is 0 Å². The van der Waals surface area contributed by atoms with Gasteiger partial charge >= 0.3 is 0 Å². The van der Waals surface area contributed by atoms with Crippen molar-refractivity contribution in [2.45, 2.75) is 38.1 Å². The number of hydrogen-bond acceptors (Lipinski definition) is 2. The van der Waals surface area contributed by atoms with E-state index in [2.05, 4.69) is 15.9 Å². The first-order chi connectivity index (χ1) is 8.75. The summed E-state index contributed by atoms with van der Waals surface area (Å²) in [4.78, 5) is -0.518. The maximum Gasteiger partial charge on any atom is 0.247 e. The van der Waals surface area contributed by atoms with Gasteiger partial charge < -0.3 is 0 Å². The molecule has 0 N–H and O–H groups in total. The Kier molecular flexibility index (Phi) is 5.46. The van der Waals surface area contributed by atoms with Crippen molar-refractivity contribution >= 4 is 26.0 Å². The van der Waals surface area contributed by atoms with Gasteiger partial charge in [0.25, 0.3) is 0 Å². The summed E-state index contributed by atoms with van der Waals surface area (Å²) in [6.45, 7) is 5.49. The predicted octanol–water partition coefficient (Wildman–Crippen LogP) is 3.54. The van der Waals surface area contributed by atoms with Gasteiger partial charge in [-0.2, -0.15) is 4.31 Å². The average Bonchev–Trinajstić information content (AvgIpc) is 2.27. The lowest BCUT2D eigenvalue weighted by molar-refractivity contribution is 0.340. The van der Waals surface area contributed by atoms with Gasteiger partial charge in [-0.3, -0.25) is 0 Å². The Bertz CT molecular complexity index is 540. The lowest BCUT2D eigenvalue weighted by Crippen LogP contribution is -2.38. The van der Waals surface area contributed by atoms with Gasteiger partial charge in [0, 0.05) is 23.1 Å². The predicted molar refractivity (Wildman–Crippen MR) is 73.4 cm³/mol. The van der Waals surface area contributed by atoms with Gasteiger partial charge in [0.15, 0.2) is 0 Å². The molecular weight excluding hydrogens is 340 g/mol. The van der Waals surface area contributed by atoms with Gasteiger partial charge in [-0.1, -0.05) is 13.8 Å². The lowest BCUT2D eigenvalue weighted by atomic mass is 10.3. The van der Waals surface area contributed by atoms with Gasteiger partial charge in [-0.25, -0.2) is 17.2 Å². The van der Waals surface area contributed by atoms with Crippen LogP contribution in [0.2, 0.25) is 0 Å². The van der Waals surface area contributed by atoms with Crippen LogP contribution in [0.15, 0.2) is 21.5 Å². The fraction of sp³-hybridized carbons (Fsp3) is 0.500. The molecule has 1 aromatic carbocycles. The molecule has 0 heterocycles. The molecule has 1 atom stereocenters. The first kappa shape index (κ1) is 16.5. The highest BCUT2D eigenvalue weighted by atomic mass is 79.9. The molecule has 19 heavy (non-hydrogen) atoms. The second kappa shape index (κ2) is 6.28. The van der Waals surface area contributed by atoms with Crippen molar-refractivity contribution in [2.75, 3.05) is 6.54 Å². The second-order valence-corrected chi connectivity index (χ2v) is 6.85. The summed E-state index contributed by atoms with van der Waals surface area (Å²) in [6, 6.07) is 1.26. The number of benzene rings is 1. The molecule has 0 spiro atoms. The number of halogens is 3. The minimum Gasteiger partial charge on any atom is -0.207 e. The molecule has 7 heteroatoms. The largest absolute Gasteiger partial charge is 0.247 e. The molecule has 0 aliphatic rings. The standard InChI is InChI=1S/C12H16BrF2NO2S/c1-4-8(3)16(5-2)19(17,18)12-10(13)6-9(14)7-11(12)15/h6-8H,4-5H2,1-3H3. The van der Waals surface area contributed by atoms with Gasteiger partial charge in [0.1, 0.15) is 16.5 Å². The van der Waals surface area contributed by atoms with Crippen molar-refractivity contribution in [3.05, 3.63) is 28.2 Å². The van der Waals surface area contributed by atoms with E-state index in [1.54, 1.807) is 13.8 Å². The fourth-order valence-electron chi connectivity index (χ4n) is 1.81. The van der Waals surface area contributed by atoms with E-state index in [1.165, 1.54) is 4.31 Å². The SMILES string of the molecule is CCC(C)N(CC)S(=O)(=O)c1c(F)cc(F)cc1Br. The van der Waals surface area contributed by atoms with Crippen molar-refractivity contribution in [2.24, 2.45) is 0 Å². The Balaban J connectivity index is 3.42. The zero-order chi connectivity index (χ0) is 14.8. The highest BCUT2D eigenvalue weighted by molar-refractivity contribution is 9.10. The third-order valence-electron chi connectivity index (χ3n) is 2.92. The zero-order valence-electron chi connectivity index (χ0n) is 11.0. The summed E-state index contributed by atoms with van der Waals surface area (Å²) in [5, 5.41) is 0. The van der Waals surface area contributed by atoms with E-state index < -0.39 is 26.6 Å². The molecule has 0 amide bonds. The molecule has 0 saturated heterocycles. The van der Waals surface area contributed by atoms with Crippen LogP contribution in [0.25, 0.3) is 0 Å². The molecule has 0 aromatic heterocycles. The molecule has 0 radical (unpaired) electrons. The van der Waals surface area contributed by atoms with Crippen LogP contribution in [-0.4, -0.2) is 25.3 Å². The average molecular weight is 356 g/mol. The van der Waals surface area contributed by atoms with Crippen LogP contribution in [0, 0.1) is 11.6 Å². The summed E-state index contributed by atoms with van der Waals surface area (Å²) >= 11 is 2.92. The van der Waals surface area contributed by atoms with Crippen molar-refractivity contribution in [1.29, 1.82) is 0 Å². The molecule has 0 bridgehead atoms. The summed E-state index contributed by atoms with van der Waals surface area (Å²) in [6.07, 6.45) is 0.605. The summed E-state index contributed by atoms with van der Waals surface area (Å²) in [5.41, 5.74) is 0. The van der Waals surface area contributed by atoms with Gasteiger partial charge in [-0.15, -0.1) is 0 Å². The van der Waals surface area contributed by atoms with Crippen LogP contribution in [-0.2, 0) is 10.0 Å². The Hall–Kier alpha value is -0.530. The van der Waals surface area contributed by atoms with Crippen LogP contribution in [0.4, 0.5) is 8.78 Å². The highest BCUT2D eigenvalue weighted by Gasteiger charge is 2.31. The summed E-state index contributed by atoms with van der Waals surface area (Å²) in [5.74, 6) is -1.91. The molecule has 1 unspecified atom stereocenters. The van der Waals surface area contributed by atoms with Crippen LogP contribution in [0.5, 0.6) is 0 Å². The van der Waals surface area contributed by atoms with E-state index >= 15 is 0 Å². The highest BCUT2D eigenvalue weighted by Crippen LogP contribution is 2.30. The normalized spacial score (nSPS) is 13.8. The maximum atomic E-state index is 13.8. The quantitative estimate of drug-likeness (QED) is 0.809. The third-order valence-corrected chi connectivity index (χ3v) is 5.98. The number of nitrogens with zero attached hydrogens (tertiary/aromatic N) is 1. The molecule has 108 valence electrons. The third kappa shape index (κ3) is 3.32. The number of rotatable bonds is 5. The number of hydrogen-bond donors (Lipinski definition) is 0. The fourth-order valence-corrected chi connectivity index (χ4v) is 4.64. The topological polar surface area (TPSA) is 37.4 Å². The molecule has 1 rings (SSSR count). The molecule has 1 aromatic rings. The maximum absolute atomic E-state index is 13.8. The van der Waals surface area contributed by atoms with Gasteiger partial charge in [0.05, 0.1) is 0 Å². The monoisotopic (exact) mass is 355 g/mol. The van der Waals surface area contributed by atoms with Crippen molar-refractivity contribution in [3.63, 3.8) is 0 Å². The van der Waals surface area contributed by atoms with E-state index in [1.807, 2.05) is 6.92 Å². The van der Waals surface area contributed by atoms with E-state index in [0.717, 1.165) is 6.07 Å². The Morgan fingerprint density at radius 3 is 2.32 bits per heavy atom. The Morgan fingerprint density at radius 1 is 1.32 bits per heavy atom. The Morgan fingerprint density at radius 2 is 1.89 bits per heavy atom. The van der Waals surface area contributed by atoms with Crippen LogP contribution in [0.3, 0.4) is 0 Å². The van der Waals surface area contributed by atoms with Gasteiger partial charge in [-0.05, 0) is 35.3 Å². The lowest BCUT2D eigenvalue weighted by Gasteiger charge is -2.26. The van der Waals surface area contributed by atoms with E-state index in [9.17, 15) is 17.2 Å². The molecule has 0 aliphatic heterocycles. The number of sulfonamides is 1. The molecule has 3 nitrogen and oxygen atoms in total. The van der Waals surface area contributed by atoms with Crippen LogP contribution in [0.1, 0.15) is 27.2 Å². The summed E-state index contributed by atoms with van der Waals surface area (Å²) < 4.78 is 52.8. The van der Waals surface area contributed by atoms with E-state index in [0.29, 0.717) is 12.5 Å². The Labute approximate surface area is 120 Å². The zero-order valence-corrected chi connectivity index (χ0v) is 13.4. The van der Waals surface area contributed by atoms with Crippen LogP contribution < -0.4 is 0 Å². The van der Waals surface area contributed by atoms with E-state index in [-0.39, 0.29) is 17.1 Å². The molecule has 0 fully saturated rings. The minimum absolute atomic E-state index is 0.105. The summed E-state index contributed by atoms with van der Waals surface area (Å²) in [7, 11) is -4.00. The minimum atomic E-state index is -4.00. The van der Waals surface area contributed by atoms with Crippen molar-refractivity contribution < 1.29 is 17.2 Å². The van der Waals surface area contributed by atoms with Crippen molar-refractivity contribution in [3.8, 4) is 0 Å². The van der Waals surface area contributed by atoms with Crippen molar-refractivity contribution in [1.82, 2.24) is 4.31 Å².